The van der Waals surface area contributed by atoms with Crippen LogP contribution >= 0.6 is 0 Å². The summed E-state index contributed by atoms with van der Waals surface area (Å²) in [6, 6.07) is 20.4. The summed E-state index contributed by atoms with van der Waals surface area (Å²) in [4.78, 5) is 15.7. The molecule has 0 atom stereocenters. The Hall–Kier alpha value is -3.87. The number of nitrogens with one attached hydrogen (secondary N) is 1. The van der Waals surface area contributed by atoms with E-state index in [9.17, 15) is 4.79 Å². The van der Waals surface area contributed by atoms with Gasteiger partial charge in [0.1, 0.15) is 5.75 Å². The molecule has 0 bridgehead atoms. The topological polar surface area (TPSA) is 94.5 Å². The van der Waals surface area contributed by atoms with Crippen molar-refractivity contribution < 1.29 is 9.53 Å². The number of hydrogen-bond acceptors (Lipinski definition) is 5. The van der Waals surface area contributed by atoms with Crippen LogP contribution in [0.3, 0.4) is 0 Å². The fourth-order valence-corrected chi connectivity index (χ4v) is 2.79. The number of ether oxygens (including phenoxy) is 1. The average Bonchev–Trinajstić information content (AvgIpc) is 3.11. The van der Waals surface area contributed by atoms with Gasteiger partial charge in [0.25, 0.3) is 0 Å². The third-order valence-electron chi connectivity index (χ3n) is 4.17. The summed E-state index contributed by atoms with van der Waals surface area (Å²) in [5, 5.41) is 7.70. The van der Waals surface area contributed by atoms with E-state index in [2.05, 4.69) is 15.4 Å². The smallest absolute Gasteiger partial charge is 0.248 e. The van der Waals surface area contributed by atoms with E-state index in [4.69, 9.17) is 10.5 Å². The first kappa shape index (κ1) is 16.6. The number of rotatable bonds is 5. The van der Waals surface area contributed by atoms with Gasteiger partial charge in [0, 0.05) is 16.8 Å². The molecule has 2 aromatic carbocycles. The number of primary amides is 1. The second kappa shape index (κ2) is 6.80. The number of nitrogens with two attached hydrogens (primary N) is 1. The minimum Gasteiger partial charge on any atom is -0.497 e. The van der Waals surface area contributed by atoms with Crippen LogP contribution in [0.25, 0.3) is 16.9 Å². The van der Waals surface area contributed by atoms with Crippen LogP contribution in [0.2, 0.25) is 0 Å². The summed E-state index contributed by atoms with van der Waals surface area (Å²) in [5.41, 5.74) is 9.12. The minimum atomic E-state index is -0.462. The maximum atomic E-state index is 11.2. The highest BCUT2D eigenvalue weighted by atomic mass is 16.5. The van der Waals surface area contributed by atoms with Gasteiger partial charge in [0.15, 0.2) is 5.65 Å². The Labute approximate surface area is 155 Å². The quantitative estimate of drug-likeness (QED) is 0.570. The fourth-order valence-electron chi connectivity index (χ4n) is 2.79. The molecule has 0 fully saturated rings. The van der Waals surface area contributed by atoms with Gasteiger partial charge in [-0.1, -0.05) is 6.07 Å². The lowest BCUT2D eigenvalue weighted by atomic mass is 10.1. The Kier molecular flexibility index (Phi) is 4.18. The Morgan fingerprint density at radius 2 is 1.78 bits per heavy atom. The van der Waals surface area contributed by atoms with Crippen molar-refractivity contribution in [2.45, 2.75) is 0 Å². The molecular weight excluding hydrogens is 342 g/mol. The highest BCUT2D eigenvalue weighted by Gasteiger charge is 2.09. The summed E-state index contributed by atoms with van der Waals surface area (Å²) in [5.74, 6) is 0.797. The van der Waals surface area contributed by atoms with E-state index in [-0.39, 0.29) is 0 Å². The third kappa shape index (κ3) is 3.30. The molecule has 0 aliphatic carbocycles. The zero-order chi connectivity index (χ0) is 18.8. The molecule has 1 amide bonds. The molecule has 2 heterocycles. The van der Waals surface area contributed by atoms with Crippen LogP contribution in [0, 0.1) is 0 Å². The lowest BCUT2D eigenvalue weighted by molar-refractivity contribution is 0.100. The second-order valence-electron chi connectivity index (χ2n) is 5.91. The fraction of sp³-hybridized carbons (Fsp3) is 0.0500. The zero-order valence-electron chi connectivity index (χ0n) is 14.6. The first-order valence-corrected chi connectivity index (χ1v) is 8.31. The van der Waals surface area contributed by atoms with Crippen molar-refractivity contribution in [1.29, 1.82) is 0 Å². The first-order chi connectivity index (χ1) is 13.1. The average molecular weight is 359 g/mol. The highest BCUT2D eigenvalue weighted by Crippen LogP contribution is 2.24. The molecule has 3 N–H and O–H groups in total. The largest absolute Gasteiger partial charge is 0.497 e. The van der Waals surface area contributed by atoms with Gasteiger partial charge < -0.3 is 15.8 Å². The van der Waals surface area contributed by atoms with E-state index < -0.39 is 5.91 Å². The standard InChI is InChI=1S/C20H17N5O2/c1-27-16-11-7-13(8-12-16)17-3-2-4-18-23-20(24-25(17)18)22-15-9-5-14(6-10-15)19(21)26/h2-12H,1H3,(H2,21,26)(H,22,24). The van der Waals surface area contributed by atoms with Gasteiger partial charge >= 0.3 is 0 Å². The van der Waals surface area contributed by atoms with Crippen LogP contribution in [-0.2, 0) is 0 Å². The first-order valence-electron chi connectivity index (χ1n) is 8.31. The molecule has 4 aromatic rings. The summed E-state index contributed by atoms with van der Waals surface area (Å²) in [6.07, 6.45) is 0. The lowest BCUT2D eigenvalue weighted by Crippen LogP contribution is -2.10. The Morgan fingerprint density at radius 1 is 1.04 bits per heavy atom. The van der Waals surface area contributed by atoms with Crippen molar-refractivity contribution in [3.8, 4) is 17.0 Å². The molecule has 134 valence electrons. The minimum absolute atomic E-state index is 0.449. The van der Waals surface area contributed by atoms with Crippen molar-refractivity contribution in [2.24, 2.45) is 5.73 Å². The van der Waals surface area contributed by atoms with E-state index in [0.717, 1.165) is 28.3 Å². The molecule has 0 spiro atoms. The van der Waals surface area contributed by atoms with Gasteiger partial charge in [0.2, 0.25) is 11.9 Å². The van der Waals surface area contributed by atoms with Gasteiger partial charge in [-0.05, 0) is 60.7 Å². The van der Waals surface area contributed by atoms with Gasteiger partial charge in [-0.3, -0.25) is 4.79 Å². The van der Waals surface area contributed by atoms with Gasteiger partial charge in [-0.2, -0.15) is 4.98 Å². The molecule has 27 heavy (non-hydrogen) atoms. The number of carbonyl (C=O) groups excluding carboxylic acids is 1. The number of aromatic nitrogens is 3. The van der Waals surface area contributed by atoms with Crippen LogP contribution in [0.15, 0.2) is 66.7 Å². The molecule has 0 saturated heterocycles. The monoisotopic (exact) mass is 359 g/mol. The molecule has 7 nitrogen and oxygen atoms in total. The van der Waals surface area contributed by atoms with Crippen molar-refractivity contribution in [3.63, 3.8) is 0 Å². The van der Waals surface area contributed by atoms with Crippen molar-refractivity contribution in [1.82, 2.24) is 14.6 Å². The third-order valence-corrected chi connectivity index (χ3v) is 4.17. The number of nitrogens with zero attached hydrogens (tertiary/aromatic N) is 3. The zero-order valence-corrected chi connectivity index (χ0v) is 14.6. The number of hydrogen-bond donors (Lipinski definition) is 2. The molecule has 0 aliphatic rings. The maximum Gasteiger partial charge on any atom is 0.248 e. The van der Waals surface area contributed by atoms with Crippen LogP contribution in [-0.4, -0.2) is 27.6 Å². The summed E-state index contributed by atoms with van der Waals surface area (Å²) < 4.78 is 6.99. The summed E-state index contributed by atoms with van der Waals surface area (Å²) in [7, 11) is 1.64. The van der Waals surface area contributed by atoms with Crippen molar-refractivity contribution in [2.75, 3.05) is 12.4 Å². The number of fused-ring (bicyclic) bond motifs is 1. The van der Waals surface area contributed by atoms with Crippen molar-refractivity contribution in [3.05, 3.63) is 72.3 Å². The van der Waals surface area contributed by atoms with Crippen molar-refractivity contribution >= 4 is 23.2 Å². The van der Waals surface area contributed by atoms with Gasteiger partial charge in [-0.25, -0.2) is 4.52 Å². The predicted molar refractivity (Wildman–Crippen MR) is 103 cm³/mol. The van der Waals surface area contributed by atoms with Crippen LogP contribution in [0.1, 0.15) is 10.4 Å². The Balaban J connectivity index is 1.66. The molecule has 0 unspecified atom stereocenters. The molecule has 2 aromatic heterocycles. The Bertz CT molecular complexity index is 1100. The van der Waals surface area contributed by atoms with E-state index in [0.29, 0.717) is 11.5 Å². The molecule has 0 aliphatic heterocycles. The predicted octanol–water partition coefficient (Wildman–Crippen LogP) is 3.25. The number of anilines is 2. The van der Waals surface area contributed by atoms with E-state index in [1.54, 1.807) is 35.9 Å². The number of amides is 1. The number of benzene rings is 2. The maximum absolute atomic E-state index is 11.2. The number of methoxy groups -OCH3 is 1. The number of pyridine rings is 1. The van der Waals surface area contributed by atoms with E-state index >= 15 is 0 Å². The summed E-state index contributed by atoms with van der Waals surface area (Å²) >= 11 is 0. The SMILES string of the molecule is COc1ccc(-c2cccc3nc(Nc4ccc(C(N)=O)cc4)nn23)cc1. The molecule has 7 heteroatoms. The lowest BCUT2D eigenvalue weighted by Gasteiger charge is -2.05. The van der Waals surface area contributed by atoms with E-state index in [1.807, 2.05) is 42.5 Å². The second-order valence-corrected chi connectivity index (χ2v) is 5.91. The van der Waals surface area contributed by atoms with Crippen LogP contribution < -0.4 is 15.8 Å². The van der Waals surface area contributed by atoms with Crippen LogP contribution in [0.4, 0.5) is 11.6 Å². The highest BCUT2D eigenvalue weighted by molar-refractivity contribution is 5.93. The Morgan fingerprint density at radius 3 is 2.44 bits per heavy atom. The molecule has 0 radical (unpaired) electrons. The normalized spacial score (nSPS) is 10.7. The molecule has 4 rings (SSSR count). The van der Waals surface area contributed by atoms with Gasteiger partial charge in [-0.15, -0.1) is 5.10 Å². The van der Waals surface area contributed by atoms with Gasteiger partial charge in [0.05, 0.1) is 12.8 Å². The van der Waals surface area contributed by atoms with Crippen LogP contribution in [0.5, 0.6) is 5.75 Å². The summed E-state index contributed by atoms with van der Waals surface area (Å²) in [6.45, 7) is 0. The van der Waals surface area contributed by atoms with E-state index in [1.165, 1.54) is 0 Å². The number of carbonyl (C=O) groups is 1. The molecular formula is C20H17N5O2. The molecule has 0 saturated carbocycles.